The summed E-state index contributed by atoms with van der Waals surface area (Å²) in [6, 6.07) is 5.82. The lowest BCUT2D eigenvalue weighted by Crippen LogP contribution is -2.43. The fraction of sp³-hybridized carbons (Fsp3) is 0.632. The zero-order valence-electron chi connectivity index (χ0n) is 14.4. The van der Waals surface area contributed by atoms with Gasteiger partial charge in [0.15, 0.2) is 0 Å². The molecular formula is C19H25NO3S. The number of hydrogen-bond acceptors (Lipinski definition) is 3. The van der Waals surface area contributed by atoms with Crippen LogP contribution in [0, 0.1) is 16.7 Å². The molecule has 2 saturated carbocycles. The first kappa shape index (κ1) is 16.1. The minimum absolute atomic E-state index is 0.0839. The van der Waals surface area contributed by atoms with Crippen molar-refractivity contribution in [1.82, 2.24) is 0 Å². The third-order valence-electron chi connectivity index (χ3n) is 6.95. The Morgan fingerprint density at radius 1 is 1.21 bits per heavy atom. The summed E-state index contributed by atoms with van der Waals surface area (Å²) in [6.07, 6.45) is 5.44. The van der Waals surface area contributed by atoms with E-state index in [2.05, 4.69) is 18.6 Å². The van der Waals surface area contributed by atoms with Gasteiger partial charge in [-0.1, -0.05) is 19.9 Å². The molecule has 2 fully saturated rings. The predicted octanol–water partition coefficient (Wildman–Crippen LogP) is 3.31. The number of anilines is 1. The van der Waals surface area contributed by atoms with Crippen molar-refractivity contribution in [2.24, 2.45) is 16.7 Å². The standard InChI is InChI=1S/C19H25NO3S/c1-18(2)15-8-9-19(18,17(21)11-15)12-24(22,23)20-16-7-6-13-4-3-5-14(13)10-16/h6-7,10,15,20H,3-5,8-9,11-12H2,1-2H3/t15-,19-/m1/s1. The molecule has 0 aliphatic heterocycles. The highest BCUT2D eigenvalue weighted by Gasteiger charge is 2.65. The number of fused-ring (bicyclic) bond motifs is 3. The first-order valence-corrected chi connectivity index (χ1v) is 10.5. The van der Waals surface area contributed by atoms with E-state index >= 15 is 0 Å². The van der Waals surface area contributed by atoms with Gasteiger partial charge in [0.2, 0.25) is 10.0 Å². The lowest BCUT2D eigenvalue weighted by Gasteiger charge is -2.36. The molecule has 4 rings (SSSR count). The molecule has 2 atom stereocenters. The molecule has 5 heteroatoms. The van der Waals surface area contributed by atoms with Gasteiger partial charge in [-0.05, 0) is 66.7 Å². The second-order valence-corrected chi connectivity index (χ2v) is 10.1. The van der Waals surface area contributed by atoms with E-state index < -0.39 is 15.4 Å². The molecule has 0 amide bonds. The van der Waals surface area contributed by atoms with Crippen LogP contribution >= 0.6 is 0 Å². The SMILES string of the molecule is CC1(C)[C@@H]2CC[C@@]1(CS(=O)(=O)Nc1ccc3c(c1)CCC3)C(=O)C2. The van der Waals surface area contributed by atoms with Gasteiger partial charge in [-0.25, -0.2) is 8.42 Å². The molecule has 4 nitrogen and oxygen atoms in total. The number of carbonyl (C=O) groups excluding carboxylic acids is 1. The van der Waals surface area contributed by atoms with Gasteiger partial charge in [-0.15, -0.1) is 0 Å². The molecule has 3 aliphatic rings. The van der Waals surface area contributed by atoms with Gasteiger partial charge in [0.1, 0.15) is 5.78 Å². The number of aryl methyl sites for hydroxylation is 2. The molecule has 0 heterocycles. The highest BCUT2D eigenvalue weighted by molar-refractivity contribution is 7.92. The number of hydrogen-bond donors (Lipinski definition) is 1. The Labute approximate surface area is 144 Å². The first-order chi connectivity index (χ1) is 11.2. The molecule has 2 bridgehead atoms. The van der Waals surface area contributed by atoms with Crippen molar-refractivity contribution in [1.29, 1.82) is 0 Å². The second-order valence-electron chi connectivity index (χ2n) is 8.36. The Kier molecular flexibility index (Phi) is 3.41. The zero-order chi connectivity index (χ0) is 17.2. The van der Waals surface area contributed by atoms with Crippen molar-refractivity contribution in [2.45, 2.75) is 52.4 Å². The summed E-state index contributed by atoms with van der Waals surface area (Å²) in [5, 5.41) is 0. The third kappa shape index (κ3) is 2.24. The number of nitrogens with one attached hydrogen (secondary N) is 1. The molecule has 0 unspecified atom stereocenters. The van der Waals surface area contributed by atoms with Crippen LogP contribution in [-0.4, -0.2) is 20.0 Å². The number of sulfonamides is 1. The van der Waals surface area contributed by atoms with Crippen molar-refractivity contribution in [3.8, 4) is 0 Å². The summed E-state index contributed by atoms with van der Waals surface area (Å²) in [6.45, 7) is 4.14. The van der Waals surface area contributed by atoms with E-state index in [1.807, 2.05) is 18.2 Å². The van der Waals surface area contributed by atoms with Crippen LogP contribution in [0.3, 0.4) is 0 Å². The summed E-state index contributed by atoms with van der Waals surface area (Å²) in [7, 11) is -3.55. The molecule has 130 valence electrons. The topological polar surface area (TPSA) is 63.2 Å². The van der Waals surface area contributed by atoms with Crippen molar-refractivity contribution in [3.05, 3.63) is 29.3 Å². The van der Waals surface area contributed by atoms with E-state index in [1.54, 1.807) is 0 Å². The number of benzene rings is 1. The van der Waals surface area contributed by atoms with Crippen LogP contribution in [0.1, 0.15) is 50.7 Å². The van der Waals surface area contributed by atoms with Gasteiger partial charge in [0, 0.05) is 12.1 Å². The normalized spacial score (nSPS) is 30.6. The van der Waals surface area contributed by atoms with Crippen molar-refractivity contribution in [3.63, 3.8) is 0 Å². The second kappa shape index (κ2) is 5.07. The highest BCUT2D eigenvalue weighted by atomic mass is 32.2. The molecule has 24 heavy (non-hydrogen) atoms. The smallest absolute Gasteiger partial charge is 0.233 e. The highest BCUT2D eigenvalue weighted by Crippen LogP contribution is 2.64. The van der Waals surface area contributed by atoms with E-state index in [9.17, 15) is 13.2 Å². The minimum atomic E-state index is -3.55. The Morgan fingerprint density at radius 3 is 2.62 bits per heavy atom. The van der Waals surface area contributed by atoms with Crippen LogP contribution in [0.15, 0.2) is 18.2 Å². The van der Waals surface area contributed by atoms with Crippen LogP contribution in [0.25, 0.3) is 0 Å². The quantitative estimate of drug-likeness (QED) is 0.909. The van der Waals surface area contributed by atoms with Gasteiger partial charge in [0.25, 0.3) is 0 Å². The van der Waals surface area contributed by atoms with E-state index in [0.29, 0.717) is 24.4 Å². The van der Waals surface area contributed by atoms with E-state index in [1.165, 1.54) is 11.1 Å². The Balaban J connectivity index is 1.59. The fourth-order valence-corrected chi connectivity index (χ4v) is 7.17. The van der Waals surface area contributed by atoms with Gasteiger partial charge in [-0.3, -0.25) is 9.52 Å². The summed E-state index contributed by atoms with van der Waals surface area (Å²) in [5.74, 6) is 0.391. The Morgan fingerprint density at radius 2 is 1.96 bits per heavy atom. The fourth-order valence-electron chi connectivity index (χ4n) is 5.28. The van der Waals surface area contributed by atoms with Crippen molar-refractivity contribution < 1.29 is 13.2 Å². The van der Waals surface area contributed by atoms with Gasteiger partial charge >= 0.3 is 0 Å². The van der Waals surface area contributed by atoms with Crippen molar-refractivity contribution >= 4 is 21.5 Å². The van der Waals surface area contributed by atoms with Crippen LogP contribution < -0.4 is 4.72 Å². The monoisotopic (exact) mass is 347 g/mol. The van der Waals surface area contributed by atoms with E-state index in [4.69, 9.17) is 0 Å². The average Bonchev–Trinajstić information content (AvgIpc) is 3.08. The lowest BCUT2D eigenvalue weighted by atomic mass is 9.70. The summed E-state index contributed by atoms with van der Waals surface area (Å²) in [5.41, 5.74) is 2.26. The lowest BCUT2D eigenvalue weighted by molar-refractivity contribution is -0.128. The molecule has 0 radical (unpaired) electrons. The van der Waals surface area contributed by atoms with E-state index in [-0.39, 0.29) is 17.0 Å². The molecule has 1 aromatic rings. The van der Waals surface area contributed by atoms with Gasteiger partial charge in [-0.2, -0.15) is 0 Å². The molecule has 0 aromatic heterocycles. The average molecular weight is 347 g/mol. The van der Waals surface area contributed by atoms with Crippen LogP contribution in [0.5, 0.6) is 0 Å². The minimum Gasteiger partial charge on any atom is -0.299 e. The maximum Gasteiger partial charge on any atom is 0.233 e. The maximum atomic E-state index is 12.8. The Bertz CT molecular complexity index is 812. The molecule has 0 saturated heterocycles. The van der Waals surface area contributed by atoms with Crippen LogP contribution in [0.2, 0.25) is 0 Å². The Hall–Kier alpha value is -1.36. The molecule has 3 aliphatic carbocycles. The van der Waals surface area contributed by atoms with Gasteiger partial charge in [0.05, 0.1) is 11.2 Å². The number of ketones is 1. The van der Waals surface area contributed by atoms with Gasteiger partial charge < -0.3 is 0 Å². The summed E-state index contributed by atoms with van der Waals surface area (Å²) in [4.78, 5) is 12.6. The molecule has 1 aromatic carbocycles. The summed E-state index contributed by atoms with van der Waals surface area (Å²) >= 11 is 0. The first-order valence-electron chi connectivity index (χ1n) is 8.89. The molecule has 1 N–H and O–H groups in total. The number of Topliss-reactive ketones (excluding diaryl/α,β-unsaturated/α-hetero) is 1. The van der Waals surface area contributed by atoms with Crippen LogP contribution in [-0.2, 0) is 27.7 Å². The third-order valence-corrected chi connectivity index (χ3v) is 8.37. The zero-order valence-corrected chi connectivity index (χ0v) is 15.2. The van der Waals surface area contributed by atoms with Crippen LogP contribution in [0.4, 0.5) is 5.69 Å². The number of carbonyl (C=O) groups is 1. The largest absolute Gasteiger partial charge is 0.299 e. The molecular weight excluding hydrogens is 322 g/mol. The van der Waals surface area contributed by atoms with E-state index in [0.717, 1.165) is 25.7 Å². The summed E-state index contributed by atoms with van der Waals surface area (Å²) < 4.78 is 28.3. The molecule has 0 spiro atoms. The number of rotatable bonds is 4. The predicted molar refractivity (Wildman–Crippen MR) is 94.4 cm³/mol. The maximum absolute atomic E-state index is 12.8. The van der Waals surface area contributed by atoms with Crippen molar-refractivity contribution in [2.75, 3.05) is 10.5 Å².